The number of carbonyl (C=O) groups is 1. The molecule has 1 aliphatic rings. The lowest BCUT2D eigenvalue weighted by atomic mass is 10.1. The summed E-state index contributed by atoms with van der Waals surface area (Å²) in [6.07, 6.45) is 2.23. The normalized spacial score (nSPS) is 18.5. The summed E-state index contributed by atoms with van der Waals surface area (Å²) in [5.41, 5.74) is 2.07. The molecule has 22 heavy (non-hydrogen) atoms. The Kier molecular flexibility index (Phi) is 4.55. The fourth-order valence-corrected chi connectivity index (χ4v) is 3.57. The number of pyridine rings is 1. The van der Waals surface area contributed by atoms with E-state index in [1.807, 2.05) is 30.0 Å². The number of carbonyl (C=O) groups excluding carboxylic acids is 1. The maximum atomic E-state index is 12.5. The summed E-state index contributed by atoms with van der Waals surface area (Å²) < 4.78 is 5.83. The van der Waals surface area contributed by atoms with Crippen molar-refractivity contribution in [2.75, 3.05) is 19.7 Å². The van der Waals surface area contributed by atoms with E-state index < -0.39 is 0 Å². The average Bonchev–Trinajstić information content (AvgIpc) is 2.92. The van der Waals surface area contributed by atoms with Crippen molar-refractivity contribution in [3.63, 3.8) is 0 Å². The SMILES string of the molecule is Cc1cc(C2CN(C(=O)Cc3ccc(C)s3)CCO2)ccn1. The highest BCUT2D eigenvalue weighted by molar-refractivity contribution is 7.12. The van der Waals surface area contributed by atoms with Gasteiger partial charge in [-0.05, 0) is 43.7 Å². The van der Waals surface area contributed by atoms with Crippen molar-refractivity contribution >= 4 is 17.2 Å². The summed E-state index contributed by atoms with van der Waals surface area (Å²) in [4.78, 5) is 21.0. The van der Waals surface area contributed by atoms with Gasteiger partial charge in [0.2, 0.25) is 5.91 Å². The van der Waals surface area contributed by atoms with Crippen LogP contribution in [0, 0.1) is 13.8 Å². The molecule has 1 atom stereocenters. The molecule has 3 heterocycles. The van der Waals surface area contributed by atoms with Crippen LogP contribution in [0.4, 0.5) is 0 Å². The summed E-state index contributed by atoms with van der Waals surface area (Å²) in [6.45, 7) is 5.90. The predicted molar refractivity (Wildman–Crippen MR) is 87.0 cm³/mol. The van der Waals surface area contributed by atoms with Crippen LogP contribution < -0.4 is 0 Å². The van der Waals surface area contributed by atoms with Gasteiger partial charge >= 0.3 is 0 Å². The van der Waals surface area contributed by atoms with Crippen molar-refractivity contribution < 1.29 is 9.53 Å². The molecule has 0 radical (unpaired) electrons. The highest BCUT2D eigenvalue weighted by atomic mass is 32.1. The van der Waals surface area contributed by atoms with Crippen LogP contribution >= 0.6 is 11.3 Å². The van der Waals surface area contributed by atoms with E-state index in [0.29, 0.717) is 26.1 Å². The molecule has 0 aliphatic carbocycles. The van der Waals surface area contributed by atoms with Crippen molar-refractivity contribution in [2.24, 2.45) is 0 Å². The molecule has 0 aromatic carbocycles. The predicted octanol–water partition coefficient (Wildman–Crippen LogP) is 2.90. The van der Waals surface area contributed by atoms with Crippen LogP contribution in [0.5, 0.6) is 0 Å². The fraction of sp³-hybridized carbons (Fsp3) is 0.412. The second-order valence-corrected chi connectivity index (χ2v) is 6.99. The van der Waals surface area contributed by atoms with Gasteiger partial charge in [-0.25, -0.2) is 0 Å². The van der Waals surface area contributed by atoms with Crippen LogP contribution in [0.1, 0.15) is 27.1 Å². The first kappa shape index (κ1) is 15.2. The minimum atomic E-state index is -0.0514. The molecular formula is C17H20N2O2S. The van der Waals surface area contributed by atoms with Crippen molar-refractivity contribution in [1.82, 2.24) is 9.88 Å². The molecule has 1 amide bonds. The lowest BCUT2D eigenvalue weighted by molar-refractivity contribution is -0.138. The molecule has 3 rings (SSSR count). The molecular weight excluding hydrogens is 296 g/mol. The molecule has 5 heteroatoms. The lowest BCUT2D eigenvalue weighted by Gasteiger charge is -2.33. The average molecular weight is 316 g/mol. The number of morpholine rings is 1. The number of hydrogen-bond acceptors (Lipinski definition) is 4. The summed E-state index contributed by atoms with van der Waals surface area (Å²) in [6, 6.07) is 8.10. The Balaban J connectivity index is 1.66. The Labute approximate surface area is 134 Å². The Morgan fingerprint density at radius 2 is 2.27 bits per heavy atom. The highest BCUT2D eigenvalue weighted by Gasteiger charge is 2.25. The zero-order valence-corrected chi connectivity index (χ0v) is 13.7. The van der Waals surface area contributed by atoms with Gasteiger partial charge in [0.25, 0.3) is 0 Å². The molecule has 1 saturated heterocycles. The van der Waals surface area contributed by atoms with E-state index in [1.165, 1.54) is 4.88 Å². The number of aromatic nitrogens is 1. The van der Waals surface area contributed by atoms with Gasteiger partial charge in [-0.1, -0.05) is 0 Å². The number of ether oxygens (including phenoxy) is 1. The highest BCUT2D eigenvalue weighted by Crippen LogP contribution is 2.23. The Bertz CT molecular complexity index is 668. The molecule has 0 saturated carbocycles. The van der Waals surface area contributed by atoms with E-state index in [1.54, 1.807) is 17.5 Å². The van der Waals surface area contributed by atoms with Gasteiger partial charge in [0.1, 0.15) is 6.10 Å². The minimum Gasteiger partial charge on any atom is -0.370 e. The number of nitrogens with zero attached hydrogens (tertiary/aromatic N) is 2. The third-order valence-corrected chi connectivity index (χ3v) is 4.83. The van der Waals surface area contributed by atoms with Crippen LogP contribution in [0.2, 0.25) is 0 Å². The molecule has 0 spiro atoms. The van der Waals surface area contributed by atoms with Crippen molar-refractivity contribution in [3.05, 3.63) is 51.5 Å². The van der Waals surface area contributed by atoms with E-state index in [4.69, 9.17) is 4.74 Å². The quantitative estimate of drug-likeness (QED) is 0.874. The van der Waals surface area contributed by atoms with Gasteiger partial charge in [0.15, 0.2) is 0 Å². The molecule has 0 N–H and O–H groups in total. The van der Waals surface area contributed by atoms with E-state index in [2.05, 4.69) is 18.0 Å². The van der Waals surface area contributed by atoms with Gasteiger partial charge in [-0.15, -0.1) is 11.3 Å². The fourth-order valence-electron chi connectivity index (χ4n) is 2.69. The molecule has 1 unspecified atom stereocenters. The lowest BCUT2D eigenvalue weighted by Crippen LogP contribution is -2.42. The number of amides is 1. The molecule has 1 fully saturated rings. The van der Waals surface area contributed by atoms with Gasteiger partial charge in [-0.3, -0.25) is 9.78 Å². The van der Waals surface area contributed by atoms with Crippen molar-refractivity contribution in [1.29, 1.82) is 0 Å². The van der Waals surface area contributed by atoms with Gasteiger partial charge < -0.3 is 9.64 Å². The van der Waals surface area contributed by atoms with Crippen LogP contribution in [0.25, 0.3) is 0 Å². The summed E-state index contributed by atoms with van der Waals surface area (Å²) in [5.74, 6) is 0.181. The number of rotatable bonds is 3. The maximum Gasteiger partial charge on any atom is 0.228 e. The van der Waals surface area contributed by atoms with Crippen LogP contribution in [0.15, 0.2) is 30.5 Å². The first-order valence-corrected chi connectivity index (χ1v) is 8.31. The first-order chi connectivity index (χ1) is 10.6. The Hall–Kier alpha value is -1.72. The van der Waals surface area contributed by atoms with E-state index in [0.717, 1.165) is 16.1 Å². The van der Waals surface area contributed by atoms with Gasteiger partial charge in [0.05, 0.1) is 19.6 Å². The van der Waals surface area contributed by atoms with Crippen molar-refractivity contribution in [3.8, 4) is 0 Å². The second kappa shape index (κ2) is 6.58. The smallest absolute Gasteiger partial charge is 0.228 e. The van der Waals surface area contributed by atoms with Crippen molar-refractivity contribution in [2.45, 2.75) is 26.4 Å². The molecule has 2 aromatic heterocycles. The first-order valence-electron chi connectivity index (χ1n) is 7.49. The minimum absolute atomic E-state index is 0.0514. The number of thiophene rings is 1. The Morgan fingerprint density at radius 3 is 3.00 bits per heavy atom. The summed E-state index contributed by atoms with van der Waals surface area (Å²) >= 11 is 1.69. The monoisotopic (exact) mass is 316 g/mol. The molecule has 4 nitrogen and oxygen atoms in total. The standard InChI is InChI=1S/C17H20N2O2S/c1-12-9-14(5-6-18-12)16-11-19(7-8-21-16)17(20)10-15-4-3-13(2)22-15/h3-6,9,16H,7-8,10-11H2,1-2H3. The van der Waals surface area contributed by atoms with E-state index >= 15 is 0 Å². The largest absolute Gasteiger partial charge is 0.370 e. The molecule has 2 aromatic rings. The molecule has 0 bridgehead atoms. The zero-order valence-electron chi connectivity index (χ0n) is 12.9. The van der Waals surface area contributed by atoms with Gasteiger partial charge in [0, 0.05) is 28.2 Å². The van der Waals surface area contributed by atoms with E-state index in [9.17, 15) is 4.79 Å². The van der Waals surface area contributed by atoms with Gasteiger partial charge in [-0.2, -0.15) is 0 Å². The number of aryl methyl sites for hydroxylation is 2. The van der Waals surface area contributed by atoms with E-state index in [-0.39, 0.29) is 12.0 Å². The third kappa shape index (κ3) is 3.54. The number of hydrogen-bond donors (Lipinski definition) is 0. The second-order valence-electron chi connectivity index (χ2n) is 5.62. The molecule has 1 aliphatic heterocycles. The Morgan fingerprint density at radius 1 is 1.41 bits per heavy atom. The van der Waals surface area contributed by atoms with Crippen LogP contribution in [-0.4, -0.2) is 35.5 Å². The van der Waals surface area contributed by atoms with Crippen LogP contribution in [-0.2, 0) is 16.0 Å². The maximum absolute atomic E-state index is 12.5. The topological polar surface area (TPSA) is 42.4 Å². The summed E-state index contributed by atoms with van der Waals surface area (Å²) in [5, 5.41) is 0. The zero-order chi connectivity index (χ0) is 15.5. The molecule has 116 valence electrons. The van der Waals surface area contributed by atoms with Crippen LogP contribution in [0.3, 0.4) is 0 Å². The third-order valence-electron chi connectivity index (χ3n) is 3.83. The summed E-state index contributed by atoms with van der Waals surface area (Å²) in [7, 11) is 0.